The van der Waals surface area contributed by atoms with Gasteiger partial charge >= 0.3 is 0 Å². The van der Waals surface area contributed by atoms with Gasteiger partial charge in [-0.15, -0.1) is 5.10 Å². The zero-order valence-electron chi connectivity index (χ0n) is 16.5. The third-order valence-corrected chi connectivity index (χ3v) is 5.23. The minimum absolute atomic E-state index is 0.236. The van der Waals surface area contributed by atoms with E-state index in [-0.39, 0.29) is 11.9 Å². The molecule has 0 bridgehead atoms. The Kier molecular flexibility index (Phi) is 5.28. The number of aromatic nitrogens is 3. The number of amides is 1. The van der Waals surface area contributed by atoms with Gasteiger partial charge in [-0.2, -0.15) is 0 Å². The molecule has 146 valence electrons. The summed E-state index contributed by atoms with van der Waals surface area (Å²) < 4.78 is 1.87. The van der Waals surface area contributed by atoms with Crippen LogP contribution in [0.25, 0.3) is 16.9 Å². The molecule has 28 heavy (non-hydrogen) atoms. The van der Waals surface area contributed by atoms with Crippen molar-refractivity contribution in [1.29, 1.82) is 0 Å². The number of hydrogen-bond acceptors (Lipinski definition) is 4. The van der Waals surface area contributed by atoms with Crippen LogP contribution in [0, 0.1) is 5.92 Å². The first kappa shape index (κ1) is 18.5. The molecule has 4 rings (SSSR count). The smallest absolute Gasteiger partial charge is 0.223 e. The predicted octanol–water partition coefficient (Wildman–Crippen LogP) is 3.85. The number of imidazole rings is 1. The largest absolute Gasteiger partial charge is 0.367 e. The fourth-order valence-corrected chi connectivity index (χ4v) is 3.84. The summed E-state index contributed by atoms with van der Waals surface area (Å²) in [5, 5.41) is 8.16. The Labute approximate surface area is 165 Å². The number of nitrogens with zero attached hydrogens (tertiary/aromatic N) is 4. The lowest BCUT2D eigenvalue weighted by molar-refractivity contribution is -0.132. The summed E-state index contributed by atoms with van der Waals surface area (Å²) in [5.74, 6) is 1.46. The quantitative estimate of drug-likeness (QED) is 0.709. The number of carbonyl (C=O) groups excluding carboxylic acids is 1. The zero-order chi connectivity index (χ0) is 19.5. The lowest BCUT2D eigenvalue weighted by Gasteiger charge is -2.26. The van der Waals surface area contributed by atoms with Crippen molar-refractivity contribution in [2.45, 2.75) is 39.2 Å². The number of rotatable bonds is 6. The van der Waals surface area contributed by atoms with Crippen molar-refractivity contribution in [2.24, 2.45) is 5.92 Å². The first-order valence-electron chi connectivity index (χ1n) is 10.1. The van der Waals surface area contributed by atoms with Crippen LogP contribution in [0.2, 0.25) is 0 Å². The summed E-state index contributed by atoms with van der Waals surface area (Å²) in [6.45, 7) is 5.77. The predicted molar refractivity (Wildman–Crippen MR) is 111 cm³/mol. The third kappa shape index (κ3) is 3.86. The molecule has 1 amide bonds. The maximum Gasteiger partial charge on any atom is 0.223 e. The molecule has 0 aliphatic carbocycles. The van der Waals surface area contributed by atoms with Crippen molar-refractivity contribution in [1.82, 2.24) is 19.5 Å². The molecule has 1 fully saturated rings. The maximum atomic E-state index is 12.5. The van der Waals surface area contributed by atoms with E-state index >= 15 is 0 Å². The number of anilines is 1. The number of hydrogen-bond donors (Lipinski definition) is 1. The highest BCUT2D eigenvalue weighted by Gasteiger charge is 2.28. The topological polar surface area (TPSA) is 62.5 Å². The molecule has 1 atom stereocenters. The van der Waals surface area contributed by atoms with E-state index in [0.29, 0.717) is 12.3 Å². The molecule has 0 spiro atoms. The summed E-state index contributed by atoms with van der Waals surface area (Å²) in [6, 6.07) is 14.3. The van der Waals surface area contributed by atoms with E-state index in [1.165, 1.54) is 0 Å². The summed E-state index contributed by atoms with van der Waals surface area (Å²) in [6.07, 6.45) is 4.59. The van der Waals surface area contributed by atoms with Gasteiger partial charge < -0.3 is 10.2 Å². The van der Waals surface area contributed by atoms with Crippen LogP contribution in [0.1, 0.15) is 33.1 Å². The SMILES string of the molecule is CC(C)CC(=O)N1CCC[C@H]1CNc1ccc2ncc(-c3ccccc3)n2n1. The van der Waals surface area contributed by atoms with Gasteiger partial charge in [-0.3, -0.25) is 4.79 Å². The molecule has 1 aliphatic rings. The Morgan fingerprint density at radius 2 is 2.04 bits per heavy atom. The van der Waals surface area contributed by atoms with Crippen LogP contribution < -0.4 is 5.32 Å². The normalized spacial score (nSPS) is 16.8. The molecule has 0 radical (unpaired) electrons. The lowest BCUT2D eigenvalue weighted by Crippen LogP contribution is -2.40. The Morgan fingerprint density at radius 1 is 1.21 bits per heavy atom. The van der Waals surface area contributed by atoms with Crippen molar-refractivity contribution in [2.75, 3.05) is 18.4 Å². The van der Waals surface area contributed by atoms with Crippen LogP contribution in [-0.2, 0) is 4.79 Å². The molecular weight excluding hydrogens is 350 g/mol. The number of nitrogens with one attached hydrogen (secondary N) is 1. The highest BCUT2D eigenvalue weighted by Crippen LogP contribution is 2.22. The Bertz CT molecular complexity index is 950. The molecule has 1 aromatic carbocycles. The van der Waals surface area contributed by atoms with E-state index in [0.717, 1.165) is 48.7 Å². The fraction of sp³-hybridized carbons (Fsp3) is 0.409. The first-order valence-corrected chi connectivity index (χ1v) is 10.1. The van der Waals surface area contributed by atoms with Gasteiger partial charge in [0.1, 0.15) is 5.82 Å². The Morgan fingerprint density at radius 3 is 2.82 bits per heavy atom. The molecule has 6 nitrogen and oxygen atoms in total. The summed E-state index contributed by atoms with van der Waals surface area (Å²) in [4.78, 5) is 19.0. The van der Waals surface area contributed by atoms with Gasteiger partial charge in [0.2, 0.25) is 5.91 Å². The standard InChI is InChI=1S/C22H27N5O/c1-16(2)13-22(28)26-12-6-9-18(26)14-23-20-10-11-21-24-15-19(27(21)25-20)17-7-4-3-5-8-17/h3-5,7-8,10-11,15-16,18H,6,9,12-14H2,1-2H3,(H,23,25)/t18-/m0/s1. The van der Waals surface area contributed by atoms with Crippen LogP contribution in [-0.4, -0.2) is 44.5 Å². The number of fused-ring (bicyclic) bond motifs is 1. The van der Waals surface area contributed by atoms with Crippen LogP contribution in [0.5, 0.6) is 0 Å². The van der Waals surface area contributed by atoms with Gasteiger partial charge in [-0.25, -0.2) is 9.50 Å². The third-order valence-electron chi connectivity index (χ3n) is 5.23. The second-order valence-electron chi connectivity index (χ2n) is 7.86. The molecule has 1 N–H and O–H groups in total. The van der Waals surface area contributed by atoms with Gasteiger partial charge in [0, 0.05) is 31.1 Å². The zero-order valence-corrected chi connectivity index (χ0v) is 16.5. The summed E-state index contributed by atoms with van der Waals surface area (Å²) in [5.41, 5.74) is 2.87. The Balaban J connectivity index is 1.48. The van der Waals surface area contributed by atoms with E-state index in [9.17, 15) is 4.79 Å². The minimum Gasteiger partial charge on any atom is -0.367 e. The highest BCUT2D eigenvalue weighted by atomic mass is 16.2. The van der Waals surface area contributed by atoms with Gasteiger partial charge in [0.15, 0.2) is 5.65 Å². The molecule has 0 unspecified atom stereocenters. The van der Waals surface area contributed by atoms with Crippen molar-refractivity contribution in [3.05, 3.63) is 48.7 Å². The number of benzene rings is 1. The van der Waals surface area contributed by atoms with Crippen LogP contribution in [0.4, 0.5) is 5.82 Å². The van der Waals surface area contributed by atoms with Crippen molar-refractivity contribution < 1.29 is 4.79 Å². The van der Waals surface area contributed by atoms with Crippen molar-refractivity contribution >= 4 is 17.4 Å². The van der Waals surface area contributed by atoms with E-state index < -0.39 is 0 Å². The molecule has 1 saturated heterocycles. The Hall–Kier alpha value is -2.89. The van der Waals surface area contributed by atoms with Crippen LogP contribution in [0.3, 0.4) is 0 Å². The van der Waals surface area contributed by atoms with Crippen LogP contribution in [0.15, 0.2) is 48.7 Å². The average molecular weight is 377 g/mol. The summed E-state index contributed by atoms with van der Waals surface area (Å²) in [7, 11) is 0. The maximum absolute atomic E-state index is 12.5. The molecule has 3 aromatic rings. The monoisotopic (exact) mass is 377 g/mol. The first-order chi connectivity index (χ1) is 13.6. The van der Waals surface area contributed by atoms with Gasteiger partial charge in [0.25, 0.3) is 0 Å². The van der Waals surface area contributed by atoms with E-state index in [4.69, 9.17) is 5.10 Å². The molecule has 6 heteroatoms. The second-order valence-corrected chi connectivity index (χ2v) is 7.86. The minimum atomic E-state index is 0.236. The number of carbonyl (C=O) groups is 1. The average Bonchev–Trinajstić information content (AvgIpc) is 3.33. The van der Waals surface area contributed by atoms with Gasteiger partial charge in [-0.1, -0.05) is 44.2 Å². The second kappa shape index (κ2) is 8.00. The fourth-order valence-electron chi connectivity index (χ4n) is 3.84. The van der Waals surface area contributed by atoms with Gasteiger partial charge in [-0.05, 0) is 30.9 Å². The van der Waals surface area contributed by atoms with Crippen molar-refractivity contribution in [3.8, 4) is 11.3 Å². The molecule has 3 heterocycles. The number of likely N-dealkylation sites (tertiary alicyclic amines) is 1. The van der Waals surface area contributed by atoms with Crippen LogP contribution >= 0.6 is 0 Å². The van der Waals surface area contributed by atoms with E-state index in [1.807, 2.05) is 45.9 Å². The summed E-state index contributed by atoms with van der Waals surface area (Å²) >= 11 is 0. The lowest BCUT2D eigenvalue weighted by atomic mass is 10.1. The van der Waals surface area contributed by atoms with Gasteiger partial charge in [0.05, 0.1) is 11.9 Å². The molecular formula is C22H27N5O. The highest BCUT2D eigenvalue weighted by molar-refractivity contribution is 5.77. The molecule has 1 aliphatic heterocycles. The molecule has 0 saturated carbocycles. The molecule has 2 aromatic heterocycles. The van der Waals surface area contributed by atoms with E-state index in [2.05, 4.69) is 36.3 Å². The van der Waals surface area contributed by atoms with E-state index in [1.54, 1.807) is 0 Å². The van der Waals surface area contributed by atoms with Crippen molar-refractivity contribution in [3.63, 3.8) is 0 Å².